The van der Waals surface area contributed by atoms with Gasteiger partial charge in [-0.3, -0.25) is 4.99 Å². The quantitative estimate of drug-likeness (QED) is 0.347. The minimum absolute atomic E-state index is 0.532. The number of nitrogens with one attached hydrogen (secondary N) is 1. The van der Waals surface area contributed by atoms with Gasteiger partial charge in [0.1, 0.15) is 5.84 Å². The normalized spacial score (nSPS) is 11.0. The van der Waals surface area contributed by atoms with Crippen molar-refractivity contribution in [2.75, 3.05) is 28.4 Å². The van der Waals surface area contributed by atoms with Crippen LogP contribution in [-0.2, 0) is 0 Å². The summed E-state index contributed by atoms with van der Waals surface area (Å²) >= 11 is 0. The van der Waals surface area contributed by atoms with Gasteiger partial charge in [0.25, 0.3) is 0 Å². The largest absolute Gasteiger partial charge is 0.493 e. The van der Waals surface area contributed by atoms with Gasteiger partial charge in [0.15, 0.2) is 11.5 Å². The number of amidine groups is 1. The Morgan fingerprint density at radius 1 is 1.12 bits per heavy atom. The minimum atomic E-state index is 0.532. The predicted octanol–water partition coefficient (Wildman–Crippen LogP) is 0.552. The Labute approximate surface area is 100 Å². The highest BCUT2D eigenvalue weighted by Gasteiger charge is 2.15. The van der Waals surface area contributed by atoms with E-state index in [1.165, 1.54) is 0 Å². The van der Waals surface area contributed by atoms with E-state index in [1.54, 1.807) is 40.5 Å². The standard InChI is InChI=1S/C11H17N3O3/c1-13-11(14-12)7-5-8(15-2)10(17-4)9(6-7)16-3/h5-6H,12H2,1-4H3,(H,13,14). The summed E-state index contributed by atoms with van der Waals surface area (Å²) < 4.78 is 15.7. The Kier molecular flexibility index (Phi) is 4.59. The minimum Gasteiger partial charge on any atom is -0.493 e. The van der Waals surface area contributed by atoms with Gasteiger partial charge >= 0.3 is 0 Å². The van der Waals surface area contributed by atoms with Crippen LogP contribution in [0.2, 0.25) is 0 Å². The highest BCUT2D eigenvalue weighted by Crippen LogP contribution is 2.38. The Balaban J connectivity index is 3.36. The van der Waals surface area contributed by atoms with Gasteiger partial charge in [0.2, 0.25) is 5.75 Å². The summed E-state index contributed by atoms with van der Waals surface area (Å²) in [4.78, 5) is 4.01. The zero-order chi connectivity index (χ0) is 12.8. The molecule has 1 aromatic rings. The van der Waals surface area contributed by atoms with E-state index in [2.05, 4.69) is 10.4 Å². The molecule has 1 rings (SSSR count). The molecule has 17 heavy (non-hydrogen) atoms. The second-order valence-electron chi connectivity index (χ2n) is 3.13. The molecule has 6 nitrogen and oxygen atoms in total. The molecular weight excluding hydrogens is 222 g/mol. The highest BCUT2D eigenvalue weighted by atomic mass is 16.5. The van der Waals surface area contributed by atoms with Crippen molar-refractivity contribution < 1.29 is 14.2 Å². The van der Waals surface area contributed by atoms with E-state index in [1.807, 2.05) is 0 Å². The lowest BCUT2D eigenvalue weighted by atomic mass is 10.1. The fourth-order valence-corrected chi connectivity index (χ4v) is 1.49. The molecule has 0 aliphatic rings. The molecule has 0 unspecified atom stereocenters. The van der Waals surface area contributed by atoms with Crippen LogP contribution in [0.25, 0.3) is 0 Å². The average Bonchev–Trinajstić information content (AvgIpc) is 2.38. The van der Waals surface area contributed by atoms with E-state index < -0.39 is 0 Å². The number of aliphatic imine (C=N–C) groups is 1. The molecule has 0 saturated heterocycles. The van der Waals surface area contributed by atoms with Crippen molar-refractivity contribution in [1.29, 1.82) is 0 Å². The number of ether oxygens (including phenoxy) is 3. The number of hydrazine groups is 1. The summed E-state index contributed by atoms with van der Waals surface area (Å²) in [6.45, 7) is 0. The number of hydrogen-bond acceptors (Lipinski definition) is 5. The van der Waals surface area contributed by atoms with Crippen LogP contribution in [0.5, 0.6) is 17.2 Å². The third-order valence-electron chi connectivity index (χ3n) is 2.30. The second kappa shape index (κ2) is 5.95. The molecule has 0 spiro atoms. The Hall–Kier alpha value is -1.95. The molecule has 6 heteroatoms. The zero-order valence-electron chi connectivity index (χ0n) is 10.4. The van der Waals surface area contributed by atoms with E-state index >= 15 is 0 Å². The number of benzene rings is 1. The molecular formula is C11H17N3O3. The number of hydrogen-bond donors (Lipinski definition) is 2. The first-order chi connectivity index (χ1) is 8.21. The van der Waals surface area contributed by atoms with Crippen molar-refractivity contribution in [3.05, 3.63) is 17.7 Å². The monoisotopic (exact) mass is 239 g/mol. The first-order valence-electron chi connectivity index (χ1n) is 4.95. The van der Waals surface area contributed by atoms with Crippen molar-refractivity contribution in [1.82, 2.24) is 5.43 Å². The van der Waals surface area contributed by atoms with Crippen LogP contribution in [0.1, 0.15) is 5.56 Å². The zero-order valence-corrected chi connectivity index (χ0v) is 10.4. The summed E-state index contributed by atoms with van der Waals surface area (Å²) in [6, 6.07) is 3.53. The topological polar surface area (TPSA) is 78.1 Å². The smallest absolute Gasteiger partial charge is 0.203 e. The molecule has 3 N–H and O–H groups in total. The van der Waals surface area contributed by atoms with Crippen LogP contribution < -0.4 is 25.5 Å². The molecule has 0 saturated carbocycles. The van der Waals surface area contributed by atoms with E-state index in [0.717, 1.165) is 5.56 Å². The molecule has 94 valence electrons. The van der Waals surface area contributed by atoms with Crippen molar-refractivity contribution in [2.45, 2.75) is 0 Å². The maximum atomic E-state index is 5.38. The van der Waals surface area contributed by atoms with Gasteiger partial charge in [-0.2, -0.15) is 0 Å². The molecule has 0 aliphatic heterocycles. The van der Waals surface area contributed by atoms with E-state index in [9.17, 15) is 0 Å². The fourth-order valence-electron chi connectivity index (χ4n) is 1.49. The first-order valence-corrected chi connectivity index (χ1v) is 4.95. The van der Waals surface area contributed by atoms with Crippen molar-refractivity contribution >= 4 is 5.84 Å². The van der Waals surface area contributed by atoms with E-state index in [0.29, 0.717) is 23.1 Å². The van der Waals surface area contributed by atoms with E-state index in [4.69, 9.17) is 20.1 Å². The van der Waals surface area contributed by atoms with Crippen molar-refractivity contribution in [3.63, 3.8) is 0 Å². The second-order valence-corrected chi connectivity index (χ2v) is 3.13. The molecule has 0 atom stereocenters. The van der Waals surface area contributed by atoms with Crippen LogP contribution in [0.15, 0.2) is 17.1 Å². The maximum absolute atomic E-state index is 5.38. The van der Waals surface area contributed by atoms with E-state index in [-0.39, 0.29) is 0 Å². The van der Waals surface area contributed by atoms with Crippen LogP contribution in [0, 0.1) is 0 Å². The van der Waals surface area contributed by atoms with Crippen molar-refractivity contribution in [3.8, 4) is 17.2 Å². The molecule has 0 heterocycles. The Bertz CT molecular complexity index is 393. The lowest BCUT2D eigenvalue weighted by molar-refractivity contribution is 0.324. The molecule has 0 radical (unpaired) electrons. The third-order valence-corrected chi connectivity index (χ3v) is 2.30. The van der Waals surface area contributed by atoms with Gasteiger partial charge in [-0.25, -0.2) is 5.84 Å². The summed E-state index contributed by atoms with van der Waals surface area (Å²) in [5.74, 6) is 7.55. The molecule has 1 aromatic carbocycles. The summed E-state index contributed by atoms with van der Waals surface area (Å²) in [5.41, 5.74) is 3.26. The lowest BCUT2D eigenvalue weighted by Gasteiger charge is -2.14. The summed E-state index contributed by atoms with van der Waals surface area (Å²) in [6.07, 6.45) is 0. The highest BCUT2D eigenvalue weighted by molar-refractivity contribution is 5.99. The lowest BCUT2D eigenvalue weighted by Crippen LogP contribution is -2.31. The molecule has 0 bridgehead atoms. The maximum Gasteiger partial charge on any atom is 0.203 e. The summed E-state index contributed by atoms with van der Waals surface area (Å²) in [7, 11) is 6.30. The van der Waals surface area contributed by atoms with Gasteiger partial charge in [-0.1, -0.05) is 0 Å². The molecule has 0 aromatic heterocycles. The van der Waals surface area contributed by atoms with Crippen LogP contribution in [0.3, 0.4) is 0 Å². The number of nitrogens with zero attached hydrogens (tertiary/aromatic N) is 1. The summed E-state index contributed by atoms with van der Waals surface area (Å²) in [5, 5.41) is 0. The van der Waals surface area contributed by atoms with Gasteiger partial charge in [-0.05, 0) is 12.1 Å². The Morgan fingerprint density at radius 3 is 1.94 bits per heavy atom. The average molecular weight is 239 g/mol. The number of rotatable bonds is 4. The van der Waals surface area contributed by atoms with Crippen LogP contribution >= 0.6 is 0 Å². The SMILES string of the molecule is CN=C(NN)c1cc(OC)c(OC)c(OC)c1. The number of methoxy groups -OCH3 is 3. The van der Waals surface area contributed by atoms with Crippen LogP contribution in [0.4, 0.5) is 0 Å². The third kappa shape index (κ3) is 2.59. The molecule has 0 fully saturated rings. The Morgan fingerprint density at radius 2 is 1.65 bits per heavy atom. The molecule has 0 aliphatic carbocycles. The van der Waals surface area contributed by atoms with Gasteiger partial charge in [0.05, 0.1) is 21.3 Å². The predicted molar refractivity (Wildman–Crippen MR) is 65.9 cm³/mol. The van der Waals surface area contributed by atoms with Gasteiger partial charge in [-0.15, -0.1) is 0 Å². The van der Waals surface area contributed by atoms with Crippen molar-refractivity contribution in [2.24, 2.45) is 10.8 Å². The van der Waals surface area contributed by atoms with Gasteiger partial charge in [0, 0.05) is 12.6 Å². The van der Waals surface area contributed by atoms with Crippen LogP contribution in [-0.4, -0.2) is 34.2 Å². The number of nitrogens with two attached hydrogens (primary N) is 1. The fraction of sp³-hybridized carbons (Fsp3) is 0.364. The van der Waals surface area contributed by atoms with Gasteiger partial charge < -0.3 is 19.6 Å². The molecule has 0 amide bonds. The first kappa shape index (κ1) is 13.1.